The number of benzene rings is 2. The Morgan fingerprint density at radius 3 is 2.70 bits per heavy atom. The molecule has 6 nitrogen and oxygen atoms in total. The average Bonchev–Trinajstić information content (AvgIpc) is 2.71. The third-order valence-electron chi connectivity index (χ3n) is 4.07. The molecule has 0 N–H and O–H groups in total. The highest BCUT2D eigenvalue weighted by molar-refractivity contribution is 5.54. The summed E-state index contributed by atoms with van der Waals surface area (Å²) in [5, 5.41) is 11.1. The van der Waals surface area contributed by atoms with E-state index in [2.05, 4.69) is 11.8 Å². The lowest BCUT2D eigenvalue weighted by molar-refractivity contribution is -0.384. The fraction of sp³-hybridized carbons (Fsp3) is 0.333. The van der Waals surface area contributed by atoms with Gasteiger partial charge in [0.25, 0.3) is 5.69 Å². The molecule has 0 bridgehead atoms. The summed E-state index contributed by atoms with van der Waals surface area (Å²) in [4.78, 5) is 10.6. The number of ether oxygens (including phenoxy) is 3. The molecule has 1 unspecified atom stereocenters. The molecule has 6 heteroatoms. The van der Waals surface area contributed by atoms with Crippen LogP contribution in [0.3, 0.4) is 0 Å². The summed E-state index contributed by atoms with van der Waals surface area (Å²) in [5.41, 5.74) is 1.28. The van der Waals surface area contributed by atoms with Crippen molar-refractivity contribution in [1.82, 2.24) is 0 Å². The van der Waals surface area contributed by atoms with Gasteiger partial charge in [-0.25, -0.2) is 0 Å². The molecular formula is C21H21NO5. The molecule has 1 atom stereocenters. The van der Waals surface area contributed by atoms with Gasteiger partial charge in [0.2, 0.25) is 0 Å². The third kappa shape index (κ3) is 5.81. The molecule has 1 saturated heterocycles. The molecule has 0 radical (unpaired) electrons. The number of rotatable bonds is 6. The van der Waals surface area contributed by atoms with E-state index in [0.29, 0.717) is 24.5 Å². The Bertz CT molecular complexity index is 819. The summed E-state index contributed by atoms with van der Waals surface area (Å²) in [6.07, 6.45) is 2.90. The van der Waals surface area contributed by atoms with E-state index in [4.69, 9.17) is 14.2 Å². The van der Waals surface area contributed by atoms with Crippen molar-refractivity contribution in [3.63, 3.8) is 0 Å². The zero-order valence-corrected chi connectivity index (χ0v) is 14.9. The molecule has 0 aliphatic carbocycles. The van der Waals surface area contributed by atoms with Crippen molar-refractivity contribution in [3.05, 3.63) is 69.8 Å². The maximum Gasteiger partial charge on any atom is 0.270 e. The Labute approximate surface area is 158 Å². The molecule has 1 fully saturated rings. The second kappa shape index (κ2) is 9.72. The molecule has 1 heterocycles. The normalized spacial score (nSPS) is 16.2. The maximum absolute atomic E-state index is 11.1. The first-order valence-electron chi connectivity index (χ1n) is 8.94. The Hall–Kier alpha value is -2.88. The van der Waals surface area contributed by atoms with Crippen LogP contribution in [0.5, 0.6) is 5.75 Å². The van der Waals surface area contributed by atoms with E-state index in [1.54, 1.807) is 6.07 Å². The molecule has 1 aliphatic rings. The fourth-order valence-electron chi connectivity index (χ4n) is 2.69. The highest BCUT2D eigenvalue weighted by atomic mass is 16.7. The van der Waals surface area contributed by atoms with Crippen molar-refractivity contribution >= 4 is 5.69 Å². The van der Waals surface area contributed by atoms with Crippen molar-refractivity contribution in [1.29, 1.82) is 0 Å². The molecule has 27 heavy (non-hydrogen) atoms. The summed E-state index contributed by atoms with van der Waals surface area (Å²) in [6, 6.07) is 13.8. The zero-order chi connectivity index (χ0) is 18.9. The summed E-state index contributed by atoms with van der Waals surface area (Å²) >= 11 is 0. The van der Waals surface area contributed by atoms with Crippen molar-refractivity contribution in [3.8, 4) is 17.6 Å². The molecule has 140 valence electrons. The molecule has 3 rings (SSSR count). The van der Waals surface area contributed by atoms with Gasteiger partial charge in [0, 0.05) is 24.3 Å². The van der Waals surface area contributed by atoms with Gasteiger partial charge in [0.15, 0.2) is 6.29 Å². The first kappa shape index (κ1) is 18.9. The van der Waals surface area contributed by atoms with Gasteiger partial charge < -0.3 is 14.2 Å². The average molecular weight is 367 g/mol. The van der Waals surface area contributed by atoms with Gasteiger partial charge in [0.1, 0.15) is 12.4 Å². The van der Waals surface area contributed by atoms with Crippen LogP contribution < -0.4 is 4.74 Å². The van der Waals surface area contributed by atoms with E-state index in [-0.39, 0.29) is 12.0 Å². The number of nitro benzene ring substituents is 1. The minimum atomic E-state index is -0.443. The van der Waals surface area contributed by atoms with E-state index in [1.165, 1.54) is 12.1 Å². The van der Waals surface area contributed by atoms with Gasteiger partial charge in [0.05, 0.1) is 17.1 Å². The number of non-ortho nitro benzene ring substituents is 1. The molecular weight excluding hydrogens is 346 g/mol. The highest BCUT2D eigenvalue weighted by Gasteiger charge is 2.14. The van der Waals surface area contributed by atoms with Gasteiger partial charge in [-0.3, -0.25) is 10.1 Å². The third-order valence-corrected chi connectivity index (χ3v) is 4.07. The predicted octanol–water partition coefficient (Wildman–Crippen LogP) is 3.92. The van der Waals surface area contributed by atoms with E-state index in [9.17, 15) is 10.1 Å². The van der Waals surface area contributed by atoms with E-state index >= 15 is 0 Å². The van der Waals surface area contributed by atoms with Crippen molar-refractivity contribution in [2.45, 2.75) is 25.6 Å². The summed E-state index contributed by atoms with van der Waals surface area (Å²) in [5.74, 6) is 6.47. The quantitative estimate of drug-likeness (QED) is 0.335. The summed E-state index contributed by atoms with van der Waals surface area (Å²) in [6.45, 7) is 1.43. The fourth-order valence-corrected chi connectivity index (χ4v) is 2.69. The molecule has 0 spiro atoms. The van der Waals surface area contributed by atoms with Gasteiger partial charge in [-0.15, -0.1) is 0 Å². The lowest BCUT2D eigenvalue weighted by Gasteiger charge is -2.22. The van der Waals surface area contributed by atoms with Crippen molar-refractivity contribution in [2.75, 3.05) is 19.8 Å². The largest absolute Gasteiger partial charge is 0.490 e. The van der Waals surface area contributed by atoms with E-state index in [0.717, 1.165) is 31.4 Å². The van der Waals surface area contributed by atoms with Crippen LogP contribution in [0.1, 0.15) is 30.4 Å². The van der Waals surface area contributed by atoms with Crippen LogP contribution in [0.4, 0.5) is 5.69 Å². The second-order valence-corrected chi connectivity index (χ2v) is 6.07. The minimum absolute atomic E-state index is 0.0217. The van der Waals surface area contributed by atoms with Crippen LogP contribution in [0.15, 0.2) is 48.5 Å². The number of nitrogens with zero attached hydrogens (tertiary/aromatic N) is 1. The van der Waals surface area contributed by atoms with Crippen LogP contribution in [-0.2, 0) is 9.47 Å². The van der Waals surface area contributed by atoms with Crippen molar-refractivity contribution in [2.24, 2.45) is 0 Å². The molecule has 0 aromatic heterocycles. The lowest BCUT2D eigenvalue weighted by Crippen LogP contribution is -2.24. The molecule has 0 saturated carbocycles. The Kier molecular flexibility index (Phi) is 6.80. The van der Waals surface area contributed by atoms with Gasteiger partial charge in [-0.1, -0.05) is 30.0 Å². The SMILES string of the molecule is O=[N+]([O-])c1ccc(OCCOC2CCCCO2)c(C#Cc2ccccc2)c1. The Morgan fingerprint density at radius 1 is 1.11 bits per heavy atom. The van der Waals surface area contributed by atoms with Crippen LogP contribution in [0, 0.1) is 22.0 Å². The van der Waals surface area contributed by atoms with E-state index < -0.39 is 4.92 Å². The molecule has 0 amide bonds. The molecule has 2 aromatic rings. The van der Waals surface area contributed by atoms with Crippen LogP contribution in [0.2, 0.25) is 0 Å². The van der Waals surface area contributed by atoms with Crippen LogP contribution in [0.25, 0.3) is 0 Å². The van der Waals surface area contributed by atoms with Gasteiger partial charge >= 0.3 is 0 Å². The second-order valence-electron chi connectivity index (χ2n) is 6.07. The number of nitro groups is 1. The Balaban J connectivity index is 1.66. The predicted molar refractivity (Wildman–Crippen MR) is 101 cm³/mol. The van der Waals surface area contributed by atoms with Crippen molar-refractivity contribution < 1.29 is 19.1 Å². The maximum atomic E-state index is 11.1. The zero-order valence-electron chi connectivity index (χ0n) is 14.9. The minimum Gasteiger partial charge on any atom is -0.490 e. The first-order valence-corrected chi connectivity index (χ1v) is 8.94. The van der Waals surface area contributed by atoms with Crippen LogP contribution >= 0.6 is 0 Å². The Morgan fingerprint density at radius 2 is 1.96 bits per heavy atom. The summed E-state index contributed by atoms with van der Waals surface area (Å²) < 4.78 is 16.9. The van der Waals surface area contributed by atoms with Crippen LogP contribution in [-0.4, -0.2) is 31.0 Å². The number of hydrogen-bond acceptors (Lipinski definition) is 5. The highest BCUT2D eigenvalue weighted by Crippen LogP contribution is 2.24. The lowest BCUT2D eigenvalue weighted by atomic mass is 10.1. The van der Waals surface area contributed by atoms with Gasteiger partial charge in [-0.05, 0) is 37.5 Å². The topological polar surface area (TPSA) is 70.8 Å². The number of hydrogen-bond donors (Lipinski definition) is 0. The van der Waals surface area contributed by atoms with E-state index in [1.807, 2.05) is 30.3 Å². The summed E-state index contributed by atoms with van der Waals surface area (Å²) in [7, 11) is 0. The first-order chi connectivity index (χ1) is 13.2. The van der Waals surface area contributed by atoms with Gasteiger partial charge in [-0.2, -0.15) is 0 Å². The molecule has 1 aliphatic heterocycles. The monoisotopic (exact) mass is 367 g/mol. The molecule has 2 aromatic carbocycles. The smallest absolute Gasteiger partial charge is 0.270 e. The standard InChI is InChI=1S/C21H21NO5/c23-22(24)19-11-12-20(25-14-15-27-21-8-4-5-13-26-21)18(16-19)10-9-17-6-2-1-3-7-17/h1-3,6-7,11-12,16,21H,4-5,8,13-15H2.